The minimum Gasteiger partial charge on any atom is -0.392 e. The summed E-state index contributed by atoms with van der Waals surface area (Å²) in [5, 5.41) is 10.8. The first-order valence-electron chi connectivity index (χ1n) is 8.50. The predicted octanol–water partition coefficient (Wildman–Crippen LogP) is 4.93. The number of hydrogen-bond acceptors (Lipinski definition) is 2. The van der Waals surface area contributed by atoms with Crippen molar-refractivity contribution in [2.45, 2.75) is 38.7 Å². The lowest BCUT2D eigenvalue weighted by molar-refractivity contribution is -0.113. The molecule has 0 unspecified atom stereocenters. The fourth-order valence-electron chi connectivity index (χ4n) is 4.31. The van der Waals surface area contributed by atoms with Crippen LogP contribution in [0.2, 0.25) is 0 Å². The quantitative estimate of drug-likeness (QED) is 0.416. The van der Waals surface area contributed by atoms with Gasteiger partial charge in [0.25, 0.3) is 0 Å². The molecule has 1 saturated carbocycles. The van der Waals surface area contributed by atoms with E-state index >= 15 is 0 Å². The zero-order valence-corrected chi connectivity index (χ0v) is 16.1. The van der Waals surface area contributed by atoms with Crippen molar-refractivity contribution in [3.63, 3.8) is 0 Å². The van der Waals surface area contributed by atoms with Crippen LogP contribution in [0.25, 0.3) is 6.08 Å². The van der Waals surface area contributed by atoms with Crippen LogP contribution < -0.4 is 0 Å². The zero-order chi connectivity index (χ0) is 17.3. The summed E-state index contributed by atoms with van der Waals surface area (Å²) < 4.78 is 1.17. The van der Waals surface area contributed by atoms with Crippen molar-refractivity contribution in [1.29, 1.82) is 0 Å². The fourth-order valence-corrected chi connectivity index (χ4v) is 4.67. The summed E-state index contributed by atoms with van der Waals surface area (Å²) in [6.45, 7) is 5.99. The number of fused-ring (bicyclic) bond motifs is 1. The van der Waals surface area contributed by atoms with Crippen LogP contribution in [0.5, 0.6) is 0 Å². The highest BCUT2D eigenvalue weighted by molar-refractivity contribution is 14.1. The molecular weight excluding hydrogens is 411 g/mol. The number of hydrogen-bond donors (Lipinski definition) is 1. The minimum atomic E-state index is -0.418. The molecule has 0 saturated heterocycles. The Labute approximate surface area is 157 Å². The van der Waals surface area contributed by atoms with E-state index in [1.807, 2.05) is 36.4 Å². The summed E-state index contributed by atoms with van der Waals surface area (Å²) in [6.07, 6.45) is 8.59. The molecule has 2 aliphatic carbocycles. The number of halogens is 1. The molecule has 24 heavy (non-hydrogen) atoms. The van der Waals surface area contributed by atoms with Crippen molar-refractivity contribution in [2.24, 2.45) is 11.3 Å². The van der Waals surface area contributed by atoms with Crippen LogP contribution in [0.3, 0.4) is 0 Å². The minimum absolute atomic E-state index is 0.0161. The molecular formula is C21H23IO2. The molecule has 0 heterocycles. The highest BCUT2D eigenvalue weighted by Gasteiger charge is 2.50. The van der Waals surface area contributed by atoms with Crippen molar-refractivity contribution in [2.75, 3.05) is 0 Å². The summed E-state index contributed by atoms with van der Waals surface area (Å²) in [7, 11) is 0. The molecule has 126 valence electrons. The molecule has 3 atom stereocenters. The molecule has 1 fully saturated rings. The van der Waals surface area contributed by atoms with E-state index in [0.29, 0.717) is 6.42 Å². The lowest BCUT2D eigenvalue weighted by Gasteiger charge is -2.50. The Hall–Kier alpha value is -1.20. The first kappa shape index (κ1) is 17.6. The molecule has 0 amide bonds. The molecule has 3 rings (SSSR count). The summed E-state index contributed by atoms with van der Waals surface area (Å²) >= 11 is 2.27. The van der Waals surface area contributed by atoms with Gasteiger partial charge in [0.1, 0.15) is 0 Å². The monoisotopic (exact) mass is 434 g/mol. The summed E-state index contributed by atoms with van der Waals surface area (Å²) in [6, 6.07) is 8.15. The van der Waals surface area contributed by atoms with Gasteiger partial charge in [-0.25, -0.2) is 0 Å². The smallest absolute Gasteiger partial charge is 0.182 e. The Bertz CT molecular complexity index is 714. The molecule has 2 nitrogen and oxygen atoms in total. The molecule has 1 aromatic carbocycles. The first-order valence-corrected chi connectivity index (χ1v) is 9.58. The Morgan fingerprint density at radius 2 is 2.08 bits per heavy atom. The van der Waals surface area contributed by atoms with Gasteiger partial charge in [-0.1, -0.05) is 30.7 Å². The van der Waals surface area contributed by atoms with E-state index in [4.69, 9.17) is 0 Å². The predicted molar refractivity (Wildman–Crippen MR) is 106 cm³/mol. The number of ketones is 1. The number of aliphatic hydroxyl groups is 1. The van der Waals surface area contributed by atoms with Gasteiger partial charge in [0, 0.05) is 14.6 Å². The molecule has 1 N–H and O–H groups in total. The Morgan fingerprint density at radius 3 is 2.75 bits per heavy atom. The van der Waals surface area contributed by atoms with Crippen LogP contribution in [-0.2, 0) is 4.79 Å². The zero-order valence-electron chi connectivity index (χ0n) is 14.0. The highest BCUT2D eigenvalue weighted by Crippen LogP contribution is 2.54. The number of rotatable bonds is 3. The van der Waals surface area contributed by atoms with Crippen LogP contribution in [0.1, 0.15) is 38.2 Å². The van der Waals surface area contributed by atoms with Gasteiger partial charge in [-0.15, -0.1) is 6.58 Å². The Kier molecular flexibility index (Phi) is 5.11. The molecule has 3 heteroatoms. The van der Waals surface area contributed by atoms with Gasteiger partial charge in [0.15, 0.2) is 5.78 Å². The van der Waals surface area contributed by atoms with Crippen molar-refractivity contribution in [3.8, 4) is 0 Å². The van der Waals surface area contributed by atoms with Crippen molar-refractivity contribution in [1.82, 2.24) is 0 Å². The van der Waals surface area contributed by atoms with E-state index in [-0.39, 0.29) is 17.1 Å². The average molecular weight is 434 g/mol. The number of aliphatic hydroxyl groups excluding tert-OH is 1. The normalized spacial score (nSPS) is 31.5. The summed E-state index contributed by atoms with van der Waals surface area (Å²) in [5.74, 6) is 0.0717. The largest absolute Gasteiger partial charge is 0.392 e. The Morgan fingerprint density at radius 1 is 1.38 bits per heavy atom. The maximum Gasteiger partial charge on any atom is 0.182 e. The SMILES string of the molecule is C=CC[C@@]12C(=CC(=O)/C(=C/c3ccc(I)cc3)[C@@H]1C)CCC[C@@H]2O. The molecule has 0 bridgehead atoms. The van der Waals surface area contributed by atoms with Gasteiger partial charge >= 0.3 is 0 Å². The van der Waals surface area contributed by atoms with Crippen molar-refractivity contribution in [3.05, 3.63) is 63.3 Å². The fraction of sp³-hybridized carbons (Fsp3) is 0.381. The van der Waals surface area contributed by atoms with E-state index in [9.17, 15) is 9.90 Å². The van der Waals surface area contributed by atoms with Crippen molar-refractivity contribution < 1.29 is 9.90 Å². The third-order valence-electron chi connectivity index (χ3n) is 5.62. The lowest BCUT2D eigenvalue weighted by atomic mass is 9.55. The maximum absolute atomic E-state index is 12.7. The van der Waals surface area contributed by atoms with E-state index in [0.717, 1.165) is 36.0 Å². The third-order valence-corrected chi connectivity index (χ3v) is 6.34. The first-order chi connectivity index (χ1) is 11.5. The summed E-state index contributed by atoms with van der Waals surface area (Å²) in [4.78, 5) is 12.7. The van der Waals surface area contributed by atoms with Crippen molar-refractivity contribution >= 4 is 34.5 Å². The standard InChI is InChI=1S/C21H23IO2/c1-3-11-21-14(2)18(12-15-7-9-17(22)10-8-15)19(23)13-16(21)5-4-6-20(21)24/h3,7-10,12-14,20,24H,1,4-6,11H2,2H3/b18-12+/t14-,20-,21-/m0/s1. The van der Waals surface area contributed by atoms with Crippen LogP contribution in [0.15, 0.2) is 54.1 Å². The molecule has 2 aliphatic rings. The number of carbonyl (C=O) groups excluding carboxylic acids is 1. The second-order valence-electron chi connectivity index (χ2n) is 6.85. The molecule has 0 spiro atoms. The van der Waals surface area contributed by atoms with E-state index in [1.165, 1.54) is 3.57 Å². The van der Waals surface area contributed by atoms with Gasteiger partial charge in [-0.05, 0) is 84.0 Å². The number of benzene rings is 1. The number of allylic oxidation sites excluding steroid dienone is 3. The highest BCUT2D eigenvalue weighted by atomic mass is 127. The molecule has 0 radical (unpaired) electrons. The van der Waals surface area contributed by atoms with Gasteiger partial charge in [-0.3, -0.25) is 4.79 Å². The third kappa shape index (κ3) is 2.93. The Balaban J connectivity index is 2.09. The second-order valence-corrected chi connectivity index (χ2v) is 8.09. The summed E-state index contributed by atoms with van der Waals surface area (Å²) in [5.41, 5.74) is 2.56. The maximum atomic E-state index is 12.7. The van der Waals surface area contributed by atoms with Gasteiger partial charge in [-0.2, -0.15) is 0 Å². The van der Waals surface area contributed by atoms with E-state index in [1.54, 1.807) is 6.08 Å². The van der Waals surface area contributed by atoms with Crippen LogP contribution >= 0.6 is 22.6 Å². The van der Waals surface area contributed by atoms with Crippen LogP contribution in [-0.4, -0.2) is 17.0 Å². The van der Waals surface area contributed by atoms with Crippen LogP contribution in [0, 0.1) is 14.9 Å². The van der Waals surface area contributed by atoms with Gasteiger partial charge in [0.2, 0.25) is 0 Å². The van der Waals surface area contributed by atoms with E-state index in [2.05, 4.69) is 36.1 Å². The molecule has 1 aromatic rings. The second kappa shape index (κ2) is 6.96. The molecule has 0 aromatic heterocycles. The van der Waals surface area contributed by atoms with Gasteiger partial charge < -0.3 is 5.11 Å². The number of carbonyl (C=O) groups is 1. The lowest BCUT2D eigenvalue weighted by Crippen LogP contribution is -2.48. The van der Waals surface area contributed by atoms with Gasteiger partial charge in [0.05, 0.1) is 6.10 Å². The topological polar surface area (TPSA) is 37.3 Å². The van der Waals surface area contributed by atoms with Crippen LogP contribution in [0.4, 0.5) is 0 Å². The average Bonchev–Trinajstić information content (AvgIpc) is 2.56. The molecule has 0 aliphatic heterocycles. The van der Waals surface area contributed by atoms with E-state index < -0.39 is 6.10 Å².